The van der Waals surface area contributed by atoms with Crippen LogP contribution in [0.2, 0.25) is 0 Å². The molecule has 1 aromatic heterocycles. The van der Waals surface area contributed by atoms with Gasteiger partial charge in [-0.05, 0) is 37.5 Å². The topological polar surface area (TPSA) is 25.0 Å². The van der Waals surface area contributed by atoms with Crippen LogP contribution in [0.15, 0.2) is 24.3 Å². The van der Waals surface area contributed by atoms with Crippen LogP contribution >= 0.6 is 0 Å². The summed E-state index contributed by atoms with van der Waals surface area (Å²) < 4.78 is 5.88. The fraction of sp³-hybridized carbons (Fsp3) is 0.385. The van der Waals surface area contributed by atoms with Crippen molar-refractivity contribution in [3.63, 3.8) is 0 Å². The predicted molar refractivity (Wildman–Crippen MR) is 61.3 cm³/mol. The van der Waals surface area contributed by atoms with E-state index in [0.29, 0.717) is 6.10 Å². The zero-order valence-electron chi connectivity index (χ0n) is 8.92. The Hall–Kier alpha value is -1.44. The highest BCUT2D eigenvalue weighted by molar-refractivity contribution is 5.86. The first-order chi connectivity index (χ1) is 7.36. The Bertz CT molecular complexity index is 482. The van der Waals surface area contributed by atoms with Crippen LogP contribution in [0, 0.1) is 0 Å². The molecule has 0 spiro atoms. The van der Waals surface area contributed by atoms with Gasteiger partial charge in [0.2, 0.25) is 0 Å². The third kappa shape index (κ3) is 1.60. The number of aryl methyl sites for hydroxylation is 1. The van der Waals surface area contributed by atoms with Crippen molar-refractivity contribution in [1.29, 1.82) is 0 Å². The zero-order chi connectivity index (χ0) is 10.3. The second-order valence-electron chi connectivity index (χ2n) is 4.18. The average molecular weight is 201 g/mol. The van der Waals surface area contributed by atoms with Crippen molar-refractivity contribution in [3.05, 3.63) is 30.0 Å². The van der Waals surface area contributed by atoms with Crippen molar-refractivity contribution < 1.29 is 4.74 Å². The molecule has 0 bridgehead atoms. The third-order valence-electron chi connectivity index (χ3n) is 2.88. The predicted octanol–water partition coefficient (Wildman–Crippen LogP) is 3.27. The van der Waals surface area contributed by atoms with Gasteiger partial charge < -0.3 is 9.72 Å². The molecule has 0 radical (unpaired) electrons. The molecule has 2 nitrogen and oxygen atoms in total. The molecule has 1 saturated carbocycles. The summed E-state index contributed by atoms with van der Waals surface area (Å²) in [6.07, 6.45) is 3.93. The molecule has 0 amide bonds. The Kier molecular flexibility index (Phi) is 1.94. The van der Waals surface area contributed by atoms with E-state index >= 15 is 0 Å². The molecule has 1 heterocycles. The zero-order valence-corrected chi connectivity index (χ0v) is 8.92. The van der Waals surface area contributed by atoms with Gasteiger partial charge in [0, 0.05) is 16.6 Å². The van der Waals surface area contributed by atoms with E-state index in [-0.39, 0.29) is 0 Å². The minimum Gasteiger partial charge on any atom is -0.490 e. The van der Waals surface area contributed by atoms with E-state index < -0.39 is 0 Å². The maximum absolute atomic E-state index is 5.88. The second-order valence-corrected chi connectivity index (χ2v) is 4.18. The first-order valence-corrected chi connectivity index (χ1v) is 5.64. The largest absolute Gasteiger partial charge is 0.490 e. The lowest BCUT2D eigenvalue weighted by Crippen LogP contribution is -1.95. The molecule has 3 rings (SSSR count). The van der Waals surface area contributed by atoms with Crippen LogP contribution in [-0.2, 0) is 6.42 Å². The standard InChI is InChI=1S/C13H15NO/c1-2-9-8-11-12(14-9)4-3-5-13(11)15-10-6-7-10/h3-5,8,10,14H,2,6-7H2,1H3. The number of hydrogen-bond acceptors (Lipinski definition) is 1. The van der Waals surface area contributed by atoms with Gasteiger partial charge in [-0.1, -0.05) is 13.0 Å². The molecule has 2 aromatic rings. The monoisotopic (exact) mass is 201 g/mol. The van der Waals surface area contributed by atoms with Gasteiger partial charge in [0.05, 0.1) is 6.10 Å². The maximum atomic E-state index is 5.88. The Balaban J connectivity index is 2.06. The number of benzene rings is 1. The van der Waals surface area contributed by atoms with Gasteiger partial charge in [-0.15, -0.1) is 0 Å². The van der Waals surface area contributed by atoms with Crippen molar-refractivity contribution in [3.8, 4) is 5.75 Å². The normalized spacial score (nSPS) is 15.8. The highest BCUT2D eigenvalue weighted by Crippen LogP contribution is 2.32. The van der Waals surface area contributed by atoms with Crippen molar-refractivity contribution in [2.24, 2.45) is 0 Å². The van der Waals surface area contributed by atoms with Crippen LogP contribution in [0.25, 0.3) is 10.9 Å². The summed E-state index contributed by atoms with van der Waals surface area (Å²) in [5, 5.41) is 1.22. The van der Waals surface area contributed by atoms with E-state index in [0.717, 1.165) is 12.2 Å². The number of nitrogens with one attached hydrogen (secondary N) is 1. The average Bonchev–Trinajstić information content (AvgIpc) is 2.96. The van der Waals surface area contributed by atoms with E-state index in [1.807, 2.05) is 0 Å². The number of H-pyrrole nitrogens is 1. The van der Waals surface area contributed by atoms with Gasteiger partial charge in [-0.3, -0.25) is 0 Å². The molecule has 0 unspecified atom stereocenters. The highest BCUT2D eigenvalue weighted by atomic mass is 16.5. The Morgan fingerprint density at radius 2 is 2.27 bits per heavy atom. The van der Waals surface area contributed by atoms with Crippen LogP contribution in [-0.4, -0.2) is 11.1 Å². The molecule has 1 N–H and O–H groups in total. The lowest BCUT2D eigenvalue weighted by molar-refractivity contribution is 0.307. The summed E-state index contributed by atoms with van der Waals surface area (Å²) in [7, 11) is 0. The highest BCUT2D eigenvalue weighted by Gasteiger charge is 2.24. The second kappa shape index (κ2) is 3.30. The quantitative estimate of drug-likeness (QED) is 0.810. The van der Waals surface area contributed by atoms with Gasteiger partial charge in [0.15, 0.2) is 0 Å². The SMILES string of the molecule is CCc1cc2c(OC3CC3)cccc2[nH]1. The molecule has 1 fully saturated rings. The minimum absolute atomic E-state index is 0.468. The Labute approximate surface area is 89.3 Å². The van der Waals surface area contributed by atoms with Gasteiger partial charge in [0.1, 0.15) is 5.75 Å². The molecule has 1 aliphatic carbocycles. The van der Waals surface area contributed by atoms with E-state index in [1.165, 1.54) is 29.4 Å². The van der Waals surface area contributed by atoms with Gasteiger partial charge >= 0.3 is 0 Å². The summed E-state index contributed by atoms with van der Waals surface area (Å²) in [4.78, 5) is 3.40. The summed E-state index contributed by atoms with van der Waals surface area (Å²) in [5.41, 5.74) is 2.46. The van der Waals surface area contributed by atoms with Gasteiger partial charge in [0.25, 0.3) is 0 Å². The molecule has 0 aliphatic heterocycles. The van der Waals surface area contributed by atoms with Crippen LogP contribution in [0.4, 0.5) is 0 Å². The van der Waals surface area contributed by atoms with E-state index in [2.05, 4.69) is 36.2 Å². The molecule has 78 valence electrons. The molecular formula is C13H15NO. The molecule has 1 aromatic carbocycles. The lowest BCUT2D eigenvalue weighted by Gasteiger charge is -2.04. The number of rotatable bonds is 3. The summed E-state index contributed by atoms with van der Waals surface area (Å²) in [5.74, 6) is 1.03. The fourth-order valence-electron chi connectivity index (χ4n) is 1.84. The van der Waals surface area contributed by atoms with Crippen LogP contribution < -0.4 is 4.74 Å². The summed E-state index contributed by atoms with van der Waals surface area (Å²) in [6.45, 7) is 2.16. The smallest absolute Gasteiger partial charge is 0.129 e. The Morgan fingerprint density at radius 1 is 1.40 bits per heavy atom. The van der Waals surface area contributed by atoms with Crippen LogP contribution in [0.5, 0.6) is 5.75 Å². The molecule has 2 heteroatoms. The van der Waals surface area contributed by atoms with Crippen LogP contribution in [0.1, 0.15) is 25.5 Å². The molecule has 15 heavy (non-hydrogen) atoms. The van der Waals surface area contributed by atoms with Crippen LogP contribution in [0.3, 0.4) is 0 Å². The number of ether oxygens (including phenoxy) is 1. The van der Waals surface area contributed by atoms with Crippen molar-refractivity contribution in [1.82, 2.24) is 4.98 Å². The van der Waals surface area contributed by atoms with Crippen molar-refractivity contribution in [2.45, 2.75) is 32.3 Å². The number of aromatic amines is 1. The van der Waals surface area contributed by atoms with E-state index in [4.69, 9.17) is 4.74 Å². The lowest BCUT2D eigenvalue weighted by atomic mass is 10.2. The maximum Gasteiger partial charge on any atom is 0.129 e. The Morgan fingerprint density at radius 3 is 3.00 bits per heavy atom. The number of fused-ring (bicyclic) bond motifs is 1. The van der Waals surface area contributed by atoms with E-state index in [1.54, 1.807) is 0 Å². The molecule has 0 saturated heterocycles. The van der Waals surface area contributed by atoms with Crippen molar-refractivity contribution in [2.75, 3.05) is 0 Å². The first kappa shape index (κ1) is 8.84. The molecule has 0 atom stereocenters. The summed E-state index contributed by atoms with van der Waals surface area (Å²) >= 11 is 0. The molecular weight excluding hydrogens is 186 g/mol. The fourth-order valence-corrected chi connectivity index (χ4v) is 1.84. The third-order valence-corrected chi connectivity index (χ3v) is 2.88. The summed E-state index contributed by atoms with van der Waals surface area (Å²) in [6, 6.07) is 8.42. The van der Waals surface area contributed by atoms with E-state index in [9.17, 15) is 0 Å². The van der Waals surface area contributed by atoms with Crippen molar-refractivity contribution >= 4 is 10.9 Å². The minimum atomic E-state index is 0.468. The number of aromatic nitrogens is 1. The number of hydrogen-bond donors (Lipinski definition) is 1. The first-order valence-electron chi connectivity index (χ1n) is 5.64. The molecule has 1 aliphatic rings. The van der Waals surface area contributed by atoms with Gasteiger partial charge in [-0.2, -0.15) is 0 Å². The van der Waals surface area contributed by atoms with Gasteiger partial charge in [-0.25, -0.2) is 0 Å².